The Morgan fingerprint density at radius 1 is 0.788 bits per heavy atom. The molecule has 0 aliphatic rings. The summed E-state index contributed by atoms with van der Waals surface area (Å²) in [7, 11) is -7.82. The number of aldehydes is 1. The monoisotopic (exact) mass is 528 g/mol. The first-order valence-electron chi connectivity index (χ1n) is 8.95. The van der Waals surface area contributed by atoms with Crippen molar-refractivity contribution in [2.45, 2.75) is 16.7 Å². The van der Waals surface area contributed by atoms with Gasteiger partial charge in [0.05, 0.1) is 10.0 Å². The van der Waals surface area contributed by atoms with Crippen LogP contribution in [0.3, 0.4) is 0 Å². The molecule has 0 fully saturated rings. The largest absolute Gasteiger partial charge is 0.298 e. The number of benzene rings is 3. The third kappa shape index (κ3) is 7.19. The summed E-state index contributed by atoms with van der Waals surface area (Å²) in [6.45, 7) is 1.87. The highest BCUT2D eigenvalue weighted by molar-refractivity contribution is 7.89. The van der Waals surface area contributed by atoms with Gasteiger partial charge in [-0.05, 0) is 43.3 Å². The first-order valence-corrected chi connectivity index (χ1v) is 12.8. The highest BCUT2D eigenvalue weighted by Gasteiger charge is 2.17. The van der Waals surface area contributed by atoms with Crippen molar-refractivity contribution >= 4 is 55.3 Å². The van der Waals surface area contributed by atoms with Crippen molar-refractivity contribution in [3.05, 3.63) is 93.0 Å². The van der Waals surface area contributed by atoms with Crippen molar-refractivity contribution in [3.63, 3.8) is 0 Å². The molecule has 0 saturated carbocycles. The molecule has 0 heterocycles. The minimum atomic E-state index is -3.96. The Morgan fingerprint density at radius 2 is 1.30 bits per heavy atom. The van der Waals surface area contributed by atoms with Gasteiger partial charge in [0.25, 0.3) is 0 Å². The average molecular weight is 529 g/mol. The number of ketones is 1. The highest BCUT2D eigenvalue weighted by atomic mass is 35.5. The molecule has 0 unspecified atom stereocenters. The van der Waals surface area contributed by atoms with Crippen LogP contribution < -0.4 is 10.3 Å². The Bertz CT molecular complexity index is 1440. The normalized spacial score (nSPS) is 11.3. The standard InChI is InChI=1S/C14H12ClNO3S.C7H6ClNO3S/c1-9-3-2-4-10(7-9)14(17)11-5-6-12(15)13(8-11)20(16,18)19;8-6-2-1-5(4-10)3-7(6)13(9,11)12/h2-8H,1H3,(H2,16,18,19);1-4H,(H2,9,11,12). The smallest absolute Gasteiger partial charge is 0.239 e. The van der Waals surface area contributed by atoms with Crippen LogP contribution in [0.15, 0.2) is 70.5 Å². The van der Waals surface area contributed by atoms with Gasteiger partial charge in [0.2, 0.25) is 20.0 Å². The average Bonchev–Trinajstić information content (AvgIpc) is 2.73. The number of carbonyl (C=O) groups excluding carboxylic acids is 2. The Morgan fingerprint density at radius 3 is 1.82 bits per heavy atom. The van der Waals surface area contributed by atoms with Crippen molar-refractivity contribution in [3.8, 4) is 0 Å². The lowest BCUT2D eigenvalue weighted by atomic mass is 10.0. The summed E-state index contributed by atoms with van der Waals surface area (Å²) in [5, 5.41) is 9.92. The van der Waals surface area contributed by atoms with Gasteiger partial charge in [-0.25, -0.2) is 27.1 Å². The van der Waals surface area contributed by atoms with Crippen molar-refractivity contribution in [2.24, 2.45) is 10.3 Å². The quantitative estimate of drug-likeness (QED) is 0.382. The topological polar surface area (TPSA) is 154 Å². The molecule has 3 aromatic rings. The second-order valence-electron chi connectivity index (χ2n) is 6.74. The van der Waals surface area contributed by atoms with Gasteiger partial charge in [0, 0.05) is 16.7 Å². The molecule has 0 atom stereocenters. The fourth-order valence-electron chi connectivity index (χ4n) is 2.63. The van der Waals surface area contributed by atoms with E-state index in [1.54, 1.807) is 18.2 Å². The molecular weight excluding hydrogens is 511 g/mol. The van der Waals surface area contributed by atoms with Crippen LogP contribution >= 0.6 is 23.2 Å². The zero-order valence-corrected chi connectivity index (χ0v) is 20.2. The summed E-state index contributed by atoms with van der Waals surface area (Å²) in [6.07, 6.45) is 0.519. The minimum Gasteiger partial charge on any atom is -0.298 e. The SMILES string of the molecule is Cc1cccc(C(=O)c2ccc(Cl)c(S(N)(=O)=O)c2)c1.NS(=O)(=O)c1cc(C=O)ccc1Cl. The molecule has 0 aliphatic carbocycles. The summed E-state index contributed by atoms with van der Waals surface area (Å²) in [4.78, 5) is 22.1. The molecule has 0 aromatic heterocycles. The number of halogens is 2. The van der Waals surface area contributed by atoms with E-state index in [-0.39, 0.29) is 36.7 Å². The lowest BCUT2D eigenvalue weighted by Gasteiger charge is -2.06. The van der Waals surface area contributed by atoms with Crippen LogP contribution in [-0.2, 0) is 20.0 Å². The van der Waals surface area contributed by atoms with E-state index in [9.17, 15) is 26.4 Å². The van der Waals surface area contributed by atoms with E-state index in [2.05, 4.69) is 0 Å². The van der Waals surface area contributed by atoms with Gasteiger partial charge in [-0.3, -0.25) is 9.59 Å². The summed E-state index contributed by atoms with van der Waals surface area (Å²) < 4.78 is 44.6. The number of carbonyl (C=O) groups is 2. The lowest BCUT2D eigenvalue weighted by molar-refractivity contribution is 0.103. The molecular formula is C21H18Cl2N2O6S2. The Labute approximate surface area is 201 Å². The first kappa shape index (κ1) is 26.7. The number of hydrogen-bond donors (Lipinski definition) is 2. The van der Waals surface area contributed by atoms with E-state index in [4.69, 9.17) is 33.5 Å². The molecule has 0 spiro atoms. The first-order chi connectivity index (χ1) is 15.2. The molecule has 8 nitrogen and oxygen atoms in total. The fourth-order valence-corrected chi connectivity index (χ4v) is 4.78. The predicted octanol–water partition coefficient (Wildman–Crippen LogP) is 3.33. The molecule has 0 aliphatic heterocycles. The third-order valence-electron chi connectivity index (χ3n) is 4.18. The maximum Gasteiger partial charge on any atom is 0.239 e. The maximum absolute atomic E-state index is 12.3. The molecule has 3 rings (SSSR count). The van der Waals surface area contributed by atoms with Gasteiger partial charge in [0.15, 0.2) is 5.78 Å². The summed E-state index contributed by atoms with van der Waals surface area (Å²) in [5.74, 6) is -0.282. The van der Waals surface area contributed by atoms with E-state index in [0.29, 0.717) is 11.8 Å². The number of rotatable bonds is 5. The van der Waals surface area contributed by atoms with Crippen molar-refractivity contribution in [1.82, 2.24) is 0 Å². The van der Waals surface area contributed by atoms with Gasteiger partial charge in [-0.2, -0.15) is 0 Å². The number of nitrogens with two attached hydrogens (primary N) is 2. The fraction of sp³-hybridized carbons (Fsp3) is 0.0476. The van der Waals surface area contributed by atoms with E-state index in [0.717, 1.165) is 11.6 Å². The zero-order valence-electron chi connectivity index (χ0n) is 17.0. The van der Waals surface area contributed by atoms with E-state index in [1.165, 1.54) is 30.3 Å². The molecule has 0 radical (unpaired) electrons. The number of primary sulfonamides is 2. The maximum atomic E-state index is 12.3. The third-order valence-corrected chi connectivity index (χ3v) is 6.96. The Kier molecular flexibility index (Phi) is 8.52. The van der Waals surface area contributed by atoms with Crippen LogP contribution in [0.25, 0.3) is 0 Å². The molecule has 174 valence electrons. The molecule has 3 aromatic carbocycles. The molecule has 12 heteroatoms. The van der Waals surface area contributed by atoms with Crippen LogP contribution in [0.2, 0.25) is 10.0 Å². The Balaban J connectivity index is 0.000000257. The van der Waals surface area contributed by atoms with Gasteiger partial charge >= 0.3 is 0 Å². The van der Waals surface area contributed by atoms with Crippen molar-refractivity contribution < 1.29 is 26.4 Å². The van der Waals surface area contributed by atoms with Crippen LogP contribution in [0.4, 0.5) is 0 Å². The van der Waals surface area contributed by atoms with Crippen LogP contribution in [0.1, 0.15) is 31.8 Å². The van der Waals surface area contributed by atoms with Crippen LogP contribution in [-0.4, -0.2) is 28.9 Å². The van der Waals surface area contributed by atoms with E-state index in [1.807, 2.05) is 13.0 Å². The van der Waals surface area contributed by atoms with Gasteiger partial charge in [-0.15, -0.1) is 0 Å². The second-order valence-corrected chi connectivity index (χ2v) is 10.6. The van der Waals surface area contributed by atoms with E-state index < -0.39 is 20.0 Å². The second kappa shape index (κ2) is 10.6. The molecule has 33 heavy (non-hydrogen) atoms. The molecule has 0 amide bonds. The molecule has 4 N–H and O–H groups in total. The van der Waals surface area contributed by atoms with Gasteiger partial charge in [-0.1, -0.05) is 53.0 Å². The van der Waals surface area contributed by atoms with Crippen molar-refractivity contribution in [2.75, 3.05) is 0 Å². The highest BCUT2D eigenvalue weighted by Crippen LogP contribution is 2.23. The van der Waals surface area contributed by atoms with Crippen LogP contribution in [0, 0.1) is 6.92 Å². The minimum absolute atomic E-state index is 0.00621. The Hall–Kier alpha value is -2.60. The lowest BCUT2D eigenvalue weighted by Crippen LogP contribution is -2.14. The number of hydrogen-bond acceptors (Lipinski definition) is 6. The summed E-state index contributed by atoms with van der Waals surface area (Å²) in [5.41, 5.74) is 1.86. The van der Waals surface area contributed by atoms with Crippen molar-refractivity contribution in [1.29, 1.82) is 0 Å². The molecule has 0 bridgehead atoms. The van der Waals surface area contributed by atoms with Crippen LogP contribution in [0.5, 0.6) is 0 Å². The van der Waals surface area contributed by atoms with Gasteiger partial charge < -0.3 is 0 Å². The predicted molar refractivity (Wildman–Crippen MR) is 126 cm³/mol. The summed E-state index contributed by atoms with van der Waals surface area (Å²) in [6, 6.07) is 14.9. The summed E-state index contributed by atoms with van der Waals surface area (Å²) >= 11 is 11.3. The number of aryl methyl sites for hydroxylation is 1. The van der Waals surface area contributed by atoms with Gasteiger partial charge in [0.1, 0.15) is 16.1 Å². The number of sulfonamides is 2. The zero-order chi connectivity index (χ0) is 25.0. The molecule has 0 saturated heterocycles. The van der Waals surface area contributed by atoms with E-state index >= 15 is 0 Å².